The number of pyridine rings is 1. The first-order chi connectivity index (χ1) is 13.5. The number of nitrogens with two attached hydrogens (primary N) is 1. The maximum Gasteiger partial charge on any atom is 0.321 e. The van der Waals surface area contributed by atoms with Crippen LogP contribution in [0.1, 0.15) is 35.0 Å². The first kappa shape index (κ1) is 19.6. The lowest BCUT2D eigenvalue weighted by molar-refractivity contribution is 0.0652. The van der Waals surface area contributed by atoms with Crippen molar-refractivity contribution >= 4 is 17.6 Å². The van der Waals surface area contributed by atoms with E-state index in [2.05, 4.69) is 10.3 Å². The Kier molecular flexibility index (Phi) is 6.10. The Labute approximate surface area is 163 Å². The summed E-state index contributed by atoms with van der Waals surface area (Å²) < 4.78 is 5.10. The Morgan fingerprint density at radius 1 is 1.29 bits per heavy atom. The van der Waals surface area contributed by atoms with Crippen molar-refractivity contribution in [3.63, 3.8) is 0 Å². The monoisotopic (exact) mass is 384 g/mol. The number of likely N-dealkylation sites (tertiary alicyclic amines) is 1. The molecule has 0 spiro atoms. The highest BCUT2D eigenvalue weighted by molar-refractivity contribution is 5.98. The van der Waals surface area contributed by atoms with Crippen LogP contribution in [-0.4, -0.2) is 47.1 Å². The molecular weight excluding hydrogens is 360 g/mol. The van der Waals surface area contributed by atoms with Gasteiger partial charge in [0.15, 0.2) is 0 Å². The SMILES string of the molecule is COc1ccc(NC(=O)N2CCC([C@@H](O)c3ccccn3)CC2)cc1C(N)=O. The largest absolute Gasteiger partial charge is 0.496 e. The van der Waals surface area contributed by atoms with Gasteiger partial charge in [-0.2, -0.15) is 0 Å². The average molecular weight is 384 g/mol. The van der Waals surface area contributed by atoms with Crippen LogP contribution in [0.3, 0.4) is 0 Å². The molecule has 1 aliphatic rings. The van der Waals surface area contributed by atoms with Gasteiger partial charge in [0.2, 0.25) is 0 Å². The number of piperidine rings is 1. The lowest BCUT2D eigenvalue weighted by Crippen LogP contribution is -2.42. The van der Waals surface area contributed by atoms with Crippen molar-refractivity contribution < 1.29 is 19.4 Å². The van der Waals surface area contributed by atoms with Gasteiger partial charge < -0.3 is 25.8 Å². The van der Waals surface area contributed by atoms with Gasteiger partial charge in [-0.05, 0) is 49.1 Å². The Bertz CT molecular complexity index is 835. The number of hydrogen-bond acceptors (Lipinski definition) is 5. The van der Waals surface area contributed by atoms with Crippen LogP contribution in [0.15, 0.2) is 42.6 Å². The van der Waals surface area contributed by atoms with E-state index in [4.69, 9.17) is 10.5 Å². The topological polar surface area (TPSA) is 118 Å². The fourth-order valence-corrected chi connectivity index (χ4v) is 3.39. The minimum absolute atomic E-state index is 0.0569. The third-order valence-electron chi connectivity index (χ3n) is 4.98. The van der Waals surface area contributed by atoms with Gasteiger partial charge >= 0.3 is 6.03 Å². The summed E-state index contributed by atoms with van der Waals surface area (Å²) in [4.78, 5) is 30.0. The zero-order valence-electron chi connectivity index (χ0n) is 15.7. The van der Waals surface area contributed by atoms with E-state index in [0.29, 0.717) is 43.1 Å². The molecule has 1 atom stereocenters. The molecule has 28 heavy (non-hydrogen) atoms. The van der Waals surface area contributed by atoms with E-state index in [1.54, 1.807) is 23.2 Å². The highest BCUT2D eigenvalue weighted by Gasteiger charge is 2.29. The van der Waals surface area contributed by atoms with Crippen molar-refractivity contribution in [2.45, 2.75) is 18.9 Å². The molecule has 0 bridgehead atoms. The number of primary amides is 1. The first-order valence-corrected chi connectivity index (χ1v) is 9.12. The van der Waals surface area contributed by atoms with Crippen LogP contribution in [0, 0.1) is 5.92 Å². The van der Waals surface area contributed by atoms with E-state index >= 15 is 0 Å². The molecule has 1 aliphatic heterocycles. The normalized spacial score (nSPS) is 15.7. The van der Waals surface area contributed by atoms with Crippen molar-refractivity contribution in [2.24, 2.45) is 11.7 Å². The minimum Gasteiger partial charge on any atom is -0.496 e. The van der Waals surface area contributed by atoms with E-state index in [9.17, 15) is 14.7 Å². The molecule has 4 N–H and O–H groups in total. The highest BCUT2D eigenvalue weighted by Crippen LogP contribution is 2.30. The predicted octanol–water partition coefficient (Wildman–Crippen LogP) is 2.17. The number of amides is 3. The summed E-state index contributed by atoms with van der Waals surface area (Å²) in [6.45, 7) is 1.05. The van der Waals surface area contributed by atoms with Crippen molar-refractivity contribution in [3.05, 3.63) is 53.9 Å². The number of methoxy groups -OCH3 is 1. The molecule has 148 valence electrons. The molecule has 0 aliphatic carbocycles. The maximum atomic E-state index is 12.5. The third kappa shape index (κ3) is 4.40. The van der Waals surface area contributed by atoms with Crippen molar-refractivity contribution in [2.75, 3.05) is 25.5 Å². The summed E-state index contributed by atoms with van der Waals surface area (Å²) in [7, 11) is 1.45. The van der Waals surface area contributed by atoms with Crippen molar-refractivity contribution in [3.8, 4) is 5.75 Å². The molecule has 2 heterocycles. The van der Waals surface area contributed by atoms with E-state index < -0.39 is 12.0 Å². The summed E-state index contributed by atoms with van der Waals surface area (Å²) in [6.07, 6.45) is 2.39. The molecule has 1 saturated heterocycles. The van der Waals surface area contributed by atoms with Gasteiger partial charge in [-0.3, -0.25) is 9.78 Å². The summed E-state index contributed by atoms with van der Waals surface area (Å²) in [5, 5.41) is 13.3. The average Bonchev–Trinajstić information content (AvgIpc) is 2.73. The molecular formula is C20H24N4O4. The number of ether oxygens (including phenoxy) is 1. The third-order valence-corrected chi connectivity index (χ3v) is 4.98. The van der Waals surface area contributed by atoms with Gasteiger partial charge in [-0.1, -0.05) is 6.07 Å². The minimum atomic E-state index is -0.633. The van der Waals surface area contributed by atoms with Crippen LogP contribution in [0.25, 0.3) is 0 Å². The number of aliphatic hydroxyl groups excluding tert-OH is 1. The Morgan fingerprint density at radius 2 is 2.04 bits per heavy atom. The van der Waals surface area contributed by atoms with Gasteiger partial charge in [-0.25, -0.2) is 4.79 Å². The Morgan fingerprint density at radius 3 is 2.64 bits per heavy atom. The smallest absolute Gasteiger partial charge is 0.321 e. The quantitative estimate of drug-likeness (QED) is 0.730. The second-order valence-corrected chi connectivity index (χ2v) is 6.73. The van der Waals surface area contributed by atoms with Gasteiger partial charge in [0, 0.05) is 25.0 Å². The van der Waals surface area contributed by atoms with E-state index in [1.165, 1.54) is 13.2 Å². The second kappa shape index (κ2) is 8.71. The number of nitrogens with one attached hydrogen (secondary N) is 1. The molecule has 2 aromatic rings. The van der Waals surface area contributed by atoms with E-state index in [1.807, 2.05) is 18.2 Å². The fourth-order valence-electron chi connectivity index (χ4n) is 3.39. The number of rotatable bonds is 5. The van der Waals surface area contributed by atoms with E-state index in [-0.39, 0.29) is 17.5 Å². The number of hydrogen-bond donors (Lipinski definition) is 3. The van der Waals surface area contributed by atoms with Gasteiger partial charge in [0.25, 0.3) is 5.91 Å². The van der Waals surface area contributed by atoms with Crippen LogP contribution in [0.4, 0.5) is 10.5 Å². The summed E-state index contributed by atoms with van der Waals surface area (Å²) in [5.41, 5.74) is 6.68. The molecule has 1 aromatic carbocycles. The molecule has 0 saturated carbocycles. The highest BCUT2D eigenvalue weighted by atomic mass is 16.5. The second-order valence-electron chi connectivity index (χ2n) is 6.73. The number of carbonyl (C=O) groups is 2. The summed E-state index contributed by atoms with van der Waals surface area (Å²) in [5.74, 6) is -0.214. The molecule has 1 aromatic heterocycles. The lowest BCUT2D eigenvalue weighted by Gasteiger charge is -2.34. The fraction of sp³-hybridized carbons (Fsp3) is 0.350. The molecule has 8 nitrogen and oxygen atoms in total. The number of anilines is 1. The number of nitrogens with zero attached hydrogens (tertiary/aromatic N) is 2. The Balaban J connectivity index is 1.58. The van der Waals surface area contributed by atoms with Crippen LogP contribution in [0.2, 0.25) is 0 Å². The predicted molar refractivity (Wildman–Crippen MR) is 104 cm³/mol. The molecule has 0 unspecified atom stereocenters. The zero-order chi connectivity index (χ0) is 20.1. The van der Waals surface area contributed by atoms with Gasteiger partial charge in [0.1, 0.15) is 5.75 Å². The molecule has 1 fully saturated rings. The Hall–Kier alpha value is -3.13. The van der Waals surface area contributed by atoms with Gasteiger partial charge in [-0.15, -0.1) is 0 Å². The standard InChI is InChI=1S/C20H24N4O4/c1-28-17-6-5-14(12-15(17)19(21)26)23-20(27)24-10-7-13(8-11-24)18(25)16-4-2-3-9-22-16/h2-6,9,12-13,18,25H,7-8,10-11H2,1H3,(H2,21,26)(H,23,27)/t18-/m1/s1. The number of benzene rings is 1. The summed E-state index contributed by atoms with van der Waals surface area (Å²) >= 11 is 0. The first-order valence-electron chi connectivity index (χ1n) is 9.12. The number of aliphatic hydroxyl groups is 1. The van der Waals surface area contributed by atoms with Gasteiger partial charge in [0.05, 0.1) is 24.5 Å². The molecule has 3 amide bonds. The lowest BCUT2D eigenvalue weighted by atomic mass is 9.89. The van der Waals surface area contributed by atoms with Crippen LogP contribution >= 0.6 is 0 Å². The van der Waals surface area contributed by atoms with Crippen LogP contribution in [0.5, 0.6) is 5.75 Å². The maximum absolute atomic E-state index is 12.5. The number of aromatic nitrogens is 1. The summed E-state index contributed by atoms with van der Waals surface area (Å²) in [6, 6.07) is 9.95. The van der Waals surface area contributed by atoms with Crippen molar-refractivity contribution in [1.29, 1.82) is 0 Å². The van der Waals surface area contributed by atoms with Crippen LogP contribution < -0.4 is 15.8 Å². The van der Waals surface area contributed by atoms with Crippen molar-refractivity contribution in [1.82, 2.24) is 9.88 Å². The molecule has 3 rings (SSSR count). The zero-order valence-corrected chi connectivity index (χ0v) is 15.7. The van der Waals surface area contributed by atoms with E-state index in [0.717, 1.165) is 0 Å². The number of urea groups is 1. The molecule has 0 radical (unpaired) electrons. The van der Waals surface area contributed by atoms with Crippen LogP contribution in [-0.2, 0) is 0 Å². The number of carbonyl (C=O) groups excluding carboxylic acids is 2. The molecule has 8 heteroatoms.